The number of aromatic amines is 1. The number of benzene rings is 1. The van der Waals surface area contributed by atoms with Crippen LogP contribution in [0.15, 0.2) is 43.0 Å². The summed E-state index contributed by atoms with van der Waals surface area (Å²) in [5.41, 5.74) is 1.88. The minimum Gasteiger partial charge on any atom is -0.391 e. The number of aromatic nitrogens is 7. The van der Waals surface area contributed by atoms with Gasteiger partial charge in [0.2, 0.25) is 5.91 Å². The zero-order valence-electron chi connectivity index (χ0n) is 22.3. The number of hydrogen-bond acceptors (Lipinski definition) is 8. The Morgan fingerprint density at radius 3 is 2.79 bits per heavy atom. The molecule has 3 aliphatic rings. The topological polar surface area (TPSA) is 129 Å². The Morgan fingerprint density at radius 2 is 1.98 bits per heavy atom. The Labute approximate surface area is 243 Å². The first kappa shape index (κ1) is 26.7. The van der Waals surface area contributed by atoms with E-state index in [4.69, 9.17) is 11.6 Å². The van der Waals surface area contributed by atoms with Gasteiger partial charge < -0.3 is 19.9 Å². The van der Waals surface area contributed by atoms with Crippen LogP contribution in [0.25, 0.3) is 22.5 Å². The summed E-state index contributed by atoms with van der Waals surface area (Å²) in [5.74, 6) is -0.659. The zero-order chi connectivity index (χ0) is 29.0. The van der Waals surface area contributed by atoms with E-state index in [-0.39, 0.29) is 34.4 Å². The molecule has 216 valence electrons. The number of amides is 1. The van der Waals surface area contributed by atoms with Crippen molar-refractivity contribution < 1.29 is 18.7 Å². The fraction of sp³-hybridized carbons (Fsp3) is 0.357. The number of anilines is 1. The van der Waals surface area contributed by atoms with E-state index in [0.29, 0.717) is 67.1 Å². The molecule has 0 spiro atoms. The van der Waals surface area contributed by atoms with Crippen LogP contribution in [0.1, 0.15) is 49.5 Å². The van der Waals surface area contributed by atoms with Crippen molar-refractivity contribution in [1.82, 2.24) is 40.1 Å². The van der Waals surface area contributed by atoms with E-state index in [1.807, 2.05) is 0 Å². The largest absolute Gasteiger partial charge is 0.391 e. The van der Waals surface area contributed by atoms with E-state index < -0.39 is 17.7 Å². The van der Waals surface area contributed by atoms with Gasteiger partial charge >= 0.3 is 0 Å². The molecule has 4 aromatic rings. The number of imidazole rings is 1. The Balaban J connectivity index is 1.17. The summed E-state index contributed by atoms with van der Waals surface area (Å²) in [5, 5.41) is 21.2. The van der Waals surface area contributed by atoms with E-state index in [2.05, 4.69) is 30.5 Å². The number of nitrogens with one attached hydrogen (secondary N) is 1. The molecule has 6 heterocycles. The van der Waals surface area contributed by atoms with Gasteiger partial charge in [-0.2, -0.15) is 4.68 Å². The summed E-state index contributed by atoms with van der Waals surface area (Å²) in [7, 11) is 0. The number of pyridine rings is 1. The molecule has 0 saturated carbocycles. The van der Waals surface area contributed by atoms with E-state index in [1.54, 1.807) is 34.3 Å². The van der Waals surface area contributed by atoms with Gasteiger partial charge in [-0.05, 0) is 66.3 Å². The van der Waals surface area contributed by atoms with Gasteiger partial charge in [0.15, 0.2) is 17.5 Å². The molecule has 11 nitrogen and oxygen atoms in total. The predicted molar refractivity (Wildman–Crippen MR) is 149 cm³/mol. The molecule has 3 aromatic heterocycles. The normalized spacial score (nSPS) is 22.4. The van der Waals surface area contributed by atoms with E-state index in [1.165, 1.54) is 23.2 Å². The van der Waals surface area contributed by atoms with Gasteiger partial charge in [-0.3, -0.25) is 4.79 Å². The summed E-state index contributed by atoms with van der Waals surface area (Å²) in [6.07, 6.45) is 8.54. The van der Waals surface area contributed by atoms with Crippen LogP contribution < -0.4 is 4.90 Å². The summed E-state index contributed by atoms with van der Waals surface area (Å²) in [6, 6.07) is 4.09. The number of rotatable bonds is 5. The highest BCUT2D eigenvalue weighted by molar-refractivity contribution is 6.31. The number of H-pyrrole nitrogens is 1. The van der Waals surface area contributed by atoms with Crippen molar-refractivity contribution in [2.45, 2.75) is 50.3 Å². The minimum absolute atomic E-state index is 0.0621. The summed E-state index contributed by atoms with van der Waals surface area (Å²) in [4.78, 5) is 29.0. The van der Waals surface area contributed by atoms with Crippen LogP contribution >= 0.6 is 11.6 Å². The number of halogens is 3. The Morgan fingerprint density at radius 1 is 1.10 bits per heavy atom. The Bertz CT molecular complexity index is 1690. The number of carbonyl (C=O) groups is 1. The smallest absolute Gasteiger partial charge is 0.247 e. The number of fused-ring (bicyclic) bond motifs is 1. The van der Waals surface area contributed by atoms with E-state index in [9.17, 15) is 9.90 Å². The molecule has 1 unspecified atom stereocenters. The van der Waals surface area contributed by atoms with Crippen LogP contribution in [0, 0.1) is 11.6 Å². The number of aliphatic hydroxyl groups is 1. The summed E-state index contributed by atoms with van der Waals surface area (Å²) < 4.78 is 32.3. The molecule has 1 amide bonds. The van der Waals surface area contributed by atoms with Crippen LogP contribution in [-0.4, -0.2) is 76.3 Å². The van der Waals surface area contributed by atoms with Crippen molar-refractivity contribution in [3.63, 3.8) is 0 Å². The Kier molecular flexibility index (Phi) is 6.70. The number of nitrogens with zero attached hydrogens (tertiary/aromatic N) is 8. The highest BCUT2D eigenvalue weighted by Crippen LogP contribution is 2.44. The first-order valence-corrected chi connectivity index (χ1v) is 14.1. The molecule has 42 heavy (non-hydrogen) atoms. The fourth-order valence-electron chi connectivity index (χ4n) is 6.36. The second-order valence-corrected chi connectivity index (χ2v) is 11.2. The van der Waals surface area contributed by atoms with Crippen LogP contribution in [0.5, 0.6) is 0 Å². The molecular weight excluding hydrogens is 568 g/mol. The number of aliphatic hydroxyl groups excluding tert-OH is 1. The average Bonchev–Trinajstić information content (AvgIpc) is 3.76. The lowest BCUT2D eigenvalue weighted by Gasteiger charge is -2.33. The second kappa shape index (κ2) is 10.6. The van der Waals surface area contributed by atoms with Crippen LogP contribution in [0.2, 0.25) is 5.02 Å². The number of hydrogen-bond donors (Lipinski definition) is 2. The highest BCUT2D eigenvalue weighted by Gasteiger charge is 2.42. The van der Waals surface area contributed by atoms with Gasteiger partial charge in [0.1, 0.15) is 12.2 Å². The first-order valence-electron chi connectivity index (χ1n) is 13.8. The second-order valence-electron chi connectivity index (χ2n) is 10.8. The molecule has 3 aliphatic heterocycles. The van der Waals surface area contributed by atoms with Gasteiger partial charge in [0.25, 0.3) is 0 Å². The van der Waals surface area contributed by atoms with Gasteiger partial charge in [-0.1, -0.05) is 11.6 Å². The Hall–Kier alpha value is -4.23. The quantitative estimate of drug-likeness (QED) is 0.357. The lowest BCUT2D eigenvalue weighted by molar-refractivity contribution is -0.129. The maximum atomic E-state index is 15.6. The molecule has 0 bridgehead atoms. The molecule has 0 aliphatic carbocycles. The third kappa shape index (κ3) is 4.52. The van der Waals surface area contributed by atoms with Crippen molar-refractivity contribution in [1.29, 1.82) is 0 Å². The molecule has 7 rings (SSSR count). The first-order chi connectivity index (χ1) is 20.4. The highest BCUT2D eigenvalue weighted by atomic mass is 35.5. The fourth-order valence-corrected chi connectivity index (χ4v) is 6.51. The lowest BCUT2D eigenvalue weighted by atomic mass is 9.92. The predicted octanol–water partition coefficient (Wildman–Crippen LogP) is 3.86. The number of tetrazole rings is 1. The number of β-amino-alcohol motifs (C(OH)–C–C–N with tert-alkyl or cyclic N) is 1. The van der Waals surface area contributed by atoms with Crippen LogP contribution in [0.3, 0.4) is 0 Å². The van der Waals surface area contributed by atoms with Crippen LogP contribution in [0.4, 0.5) is 14.6 Å². The van der Waals surface area contributed by atoms with E-state index >= 15 is 8.78 Å². The summed E-state index contributed by atoms with van der Waals surface area (Å²) in [6.45, 7) is 0.943. The number of piperidine rings is 1. The molecule has 2 N–H and O–H groups in total. The number of carbonyl (C=O) groups excluding carboxylic acids is 1. The van der Waals surface area contributed by atoms with Gasteiger partial charge in [0.05, 0.1) is 34.7 Å². The monoisotopic (exact) mass is 593 g/mol. The third-order valence-corrected chi connectivity index (χ3v) is 8.56. The maximum absolute atomic E-state index is 15.6. The van der Waals surface area contributed by atoms with Crippen molar-refractivity contribution in [3.8, 4) is 16.9 Å². The summed E-state index contributed by atoms with van der Waals surface area (Å²) >= 11 is 6.13. The standard InChI is InChI=1S/C28H26ClF2N9O2/c29-19-4-6-21(39-14-34-36-37-39)24(26(19)31)15-10-16-3-5-22(40(16)23(42)11-15)27-33-12-20(35-27)18-7-8-32-28(25(18)30)38-9-1-2-17(41)13-38/h4,6-8,11-12,14,16-17,22,41H,1-3,5,9-10,13H2,(H,33,35)/t16-,17?,22-/m1/s1. The lowest BCUT2D eigenvalue weighted by Crippen LogP contribution is -2.39. The molecule has 3 atom stereocenters. The molecule has 1 aromatic carbocycles. The maximum Gasteiger partial charge on any atom is 0.247 e. The van der Waals surface area contributed by atoms with Crippen molar-refractivity contribution in [3.05, 3.63) is 71.0 Å². The van der Waals surface area contributed by atoms with Gasteiger partial charge in [-0.25, -0.2) is 18.7 Å². The zero-order valence-corrected chi connectivity index (χ0v) is 23.0. The molecule has 2 fully saturated rings. The SMILES string of the molecule is O=C1C=C(c2c(-n3cnnn3)ccc(Cl)c2F)C[C@H]2CC[C@H](c3ncc(-c4ccnc(N5CCCC(O)C5)c4F)[nH]3)N12. The van der Waals surface area contributed by atoms with Crippen molar-refractivity contribution in [2.75, 3.05) is 18.0 Å². The van der Waals surface area contributed by atoms with Gasteiger partial charge in [0, 0.05) is 42.5 Å². The van der Waals surface area contributed by atoms with Crippen molar-refractivity contribution in [2.24, 2.45) is 0 Å². The minimum atomic E-state index is -0.639. The molecular formula is C28H26ClF2N9O2. The molecule has 2 saturated heterocycles. The average molecular weight is 594 g/mol. The molecule has 14 heteroatoms. The van der Waals surface area contributed by atoms with Crippen molar-refractivity contribution >= 4 is 28.9 Å². The molecule has 0 radical (unpaired) electrons. The van der Waals surface area contributed by atoms with Crippen LogP contribution in [-0.2, 0) is 4.79 Å². The van der Waals surface area contributed by atoms with Gasteiger partial charge in [-0.15, -0.1) is 5.10 Å². The van der Waals surface area contributed by atoms with E-state index in [0.717, 1.165) is 6.42 Å². The third-order valence-electron chi connectivity index (χ3n) is 8.27.